The second kappa shape index (κ2) is 12.7. The molecule has 2 atom stereocenters. The van der Waals surface area contributed by atoms with E-state index in [4.69, 9.17) is 0 Å². The van der Waals surface area contributed by atoms with Crippen molar-refractivity contribution in [3.05, 3.63) is 65.5 Å². The van der Waals surface area contributed by atoms with Crippen LogP contribution in [0.3, 0.4) is 0 Å². The zero-order valence-electron chi connectivity index (χ0n) is 21.1. The molecule has 0 aliphatic carbocycles. The minimum Gasteiger partial charge on any atom is -0.352 e. The number of nitrogens with one attached hydrogen (secondary N) is 1. The van der Waals surface area contributed by atoms with Crippen LogP contribution in [0.15, 0.2) is 48.5 Å². The number of anilines is 1. The second-order valence-electron chi connectivity index (χ2n) is 8.64. The molecule has 0 radical (unpaired) electrons. The number of para-hydroxylation sites is 1. The fourth-order valence-corrected chi connectivity index (χ4v) is 4.68. The Bertz CT molecular complexity index is 1110. The quantitative estimate of drug-likeness (QED) is 0.474. The van der Waals surface area contributed by atoms with E-state index < -0.39 is 34.3 Å². The molecule has 0 heterocycles. The Kier molecular flexibility index (Phi) is 10.2. The molecule has 0 fully saturated rings. The molecule has 0 spiro atoms. The van der Waals surface area contributed by atoms with E-state index in [9.17, 15) is 22.4 Å². The molecule has 35 heavy (non-hydrogen) atoms. The van der Waals surface area contributed by atoms with Gasteiger partial charge in [-0.3, -0.25) is 13.9 Å². The molecule has 2 amide bonds. The Morgan fingerprint density at radius 3 is 2.17 bits per heavy atom. The first kappa shape index (κ1) is 28.3. The van der Waals surface area contributed by atoms with Gasteiger partial charge in [-0.1, -0.05) is 51.1 Å². The predicted molar refractivity (Wildman–Crippen MR) is 137 cm³/mol. The maximum Gasteiger partial charge on any atom is 0.244 e. The van der Waals surface area contributed by atoms with E-state index >= 15 is 0 Å². The molecule has 0 aromatic heterocycles. The van der Waals surface area contributed by atoms with Gasteiger partial charge < -0.3 is 10.2 Å². The number of carbonyl (C=O) groups excluding carboxylic acids is 2. The number of hydrogen-bond donors (Lipinski definition) is 1. The summed E-state index contributed by atoms with van der Waals surface area (Å²) >= 11 is 0. The molecule has 0 aliphatic heterocycles. The van der Waals surface area contributed by atoms with Gasteiger partial charge in [-0.25, -0.2) is 12.8 Å². The summed E-state index contributed by atoms with van der Waals surface area (Å²) in [6.07, 6.45) is 2.71. The molecular weight excluding hydrogens is 469 g/mol. The molecule has 192 valence electrons. The lowest BCUT2D eigenvalue weighted by molar-refractivity contribution is -0.140. The molecular formula is C26H36FN3O4S. The fourth-order valence-electron chi connectivity index (χ4n) is 3.79. The maximum atomic E-state index is 13.7. The van der Waals surface area contributed by atoms with E-state index in [2.05, 4.69) is 5.32 Å². The fraction of sp³-hybridized carbons (Fsp3) is 0.462. The number of amides is 2. The molecule has 0 saturated carbocycles. The summed E-state index contributed by atoms with van der Waals surface area (Å²) in [6, 6.07) is 11.8. The first-order chi connectivity index (χ1) is 16.5. The van der Waals surface area contributed by atoms with Crippen LogP contribution in [0.1, 0.15) is 51.7 Å². The van der Waals surface area contributed by atoms with Crippen LogP contribution in [0.4, 0.5) is 10.1 Å². The number of sulfonamides is 1. The van der Waals surface area contributed by atoms with E-state index in [1.165, 1.54) is 17.0 Å². The van der Waals surface area contributed by atoms with Gasteiger partial charge in [-0.15, -0.1) is 0 Å². The van der Waals surface area contributed by atoms with Crippen LogP contribution in [0.5, 0.6) is 0 Å². The van der Waals surface area contributed by atoms with Gasteiger partial charge in [0.1, 0.15) is 18.4 Å². The smallest absolute Gasteiger partial charge is 0.244 e. The van der Waals surface area contributed by atoms with Crippen LogP contribution in [0.25, 0.3) is 0 Å². The number of aryl methyl sites for hydroxylation is 1. The third-order valence-corrected chi connectivity index (χ3v) is 7.10. The number of hydrogen-bond acceptors (Lipinski definition) is 4. The summed E-state index contributed by atoms with van der Waals surface area (Å²) in [5.41, 5.74) is 1.86. The average Bonchev–Trinajstić information content (AvgIpc) is 2.82. The van der Waals surface area contributed by atoms with E-state index in [1.807, 2.05) is 32.9 Å². The summed E-state index contributed by atoms with van der Waals surface area (Å²) in [6.45, 7) is 7.12. The van der Waals surface area contributed by atoms with Crippen molar-refractivity contribution in [2.75, 3.05) is 17.1 Å². The molecule has 2 aromatic carbocycles. The maximum absolute atomic E-state index is 13.7. The van der Waals surface area contributed by atoms with Gasteiger partial charge in [0.05, 0.1) is 11.9 Å². The van der Waals surface area contributed by atoms with Crippen molar-refractivity contribution in [3.8, 4) is 0 Å². The highest BCUT2D eigenvalue weighted by Crippen LogP contribution is 2.24. The summed E-state index contributed by atoms with van der Waals surface area (Å²) in [5.74, 6) is -1.23. The van der Waals surface area contributed by atoms with Crippen molar-refractivity contribution >= 4 is 27.5 Å². The second-order valence-corrected chi connectivity index (χ2v) is 10.5. The van der Waals surface area contributed by atoms with Gasteiger partial charge in [-0.05, 0) is 55.5 Å². The van der Waals surface area contributed by atoms with E-state index in [-0.39, 0.29) is 18.5 Å². The lowest BCUT2D eigenvalue weighted by Gasteiger charge is -2.33. The lowest BCUT2D eigenvalue weighted by atomic mass is 10.1. The standard InChI is InChI=1S/C26H36FN3O4S/c1-6-19(4)28-26(32)23(8-3)29(17-20-13-15-22(27)16-14-20)25(31)18-30(35(5,33)34)24-12-10-9-11-21(24)7-2/h9-16,19,23H,6-8,17-18H2,1-5H3,(H,28,32)/t19-,23+/m1/s1. The Balaban J connectivity index is 2.46. The first-order valence-electron chi connectivity index (χ1n) is 11.9. The van der Waals surface area contributed by atoms with Crippen LogP contribution < -0.4 is 9.62 Å². The van der Waals surface area contributed by atoms with Crippen molar-refractivity contribution in [2.24, 2.45) is 0 Å². The van der Waals surface area contributed by atoms with Crippen LogP contribution >= 0.6 is 0 Å². The minimum atomic E-state index is -3.80. The highest BCUT2D eigenvalue weighted by molar-refractivity contribution is 7.92. The Morgan fingerprint density at radius 1 is 1.00 bits per heavy atom. The Labute approximate surface area is 208 Å². The van der Waals surface area contributed by atoms with Crippen molar-refractivity contribution in [1.82, 2.24) is 10.2 Å². The van der Waals surface area contributed by atoms with Gasteiger partial charge in [-0.2, -0.15) is 0 Å². The normalized spacial score (nSPS) is 13.1. The van der Waals surface area contributed by atoms with Crippen molar-refractivity contribution < 1.29 is 22.4 Å². The van der Waals surface area contributed by atoms with Gasteiger partial charge in [0, 0.05) is 12.6 Å². The van der Waals surface area contributed by atoms with Crippen molar-refractivity contribution in [1.29, 1.82) is 0 Å². The van der Waals surface area contributed by atoms with Crippen LogP contribution in [-0.4, -0.2) is 50.0 Å². The molecule has 2 aromatic rings. The van der Waals surface area contributed by atoms with Crippen molar-refractivity contribution in [3.63, 3.8) is 0 Å². The van der Waals surface area contributed by atoms with Crippen molar-refractivity contribution in [2.45, 2.75) is 65.6 Å². The highest BCUT2D eigenvalue weighted by Gasteiger charge is 2.32. The number of nitrogens with zero attached hydrogens (tertiary/aromatic N) is 2. The summed E-state index contributed by atoms with van der Waals surface area (Å²) in [5, 5.41) is 2.92. The minimum absolute atomic E-state index is 0.0403. The first-order valence-corrected chi connectivity index (χ1v) is 13.8. The number of benzene rings is 2. The van der Waals surface area contributed by atoms with Gasteiger partial charge in [0.25, 0.3) is 0 Å². The summed E-state index contributed by atoms with van der Waals surface area (Å²) in [4.78, 5) is 28.1. The molecule has 9 heteroatoms. The summed E-state index contributed by atoms with van der Waals surface area (Å²) in [7, 11) is -3.80. The van der Waals surface area contributed by atoms with E-state index in [1.54, 1.807) is 31.2 Å². The summed E-state index contributed by atoms with van der Waals surface area (Å²) < 4.78 is 40.0. The largest absolute Gasteiger partial charge is 0.352 e. The third kappa shape index (κ3) is 7.78. The molecule has 1 N–H and O–H groups in total. The molecule has 0 saturated heterocycles. The SMILES string of the molecule is CCc1ccccc1N(CC(=O)N(Cc1ccc(F)cc1)[C@@H](CC)C(=O)N[C@H](C)CC)S(C)(=O)=O. The molecule has 0 aliphatic rings. The van der Waals surface area contributed by atoms with Crippen LogP contribution in [0, 0.1) is 5.82 Å². The van der Waals surface area contributed by atoms with E-state index in [0.717, 1.165) is 22.5 Å². The zero-order valence-corrected chi connectivity index (χ0v) is 21.9. The number of rotatable bonds is 12. The topological polar surface area (TPSA) is 86.8 Å². The molecule has 7 nitrogen and oxygen atoms in total. The predicted octanol–water partition coefficient (Wildman–Crippen LogP) is 3.88. The molecule has 0 bridgehead atoms. The number of carbonyl (C=O) groups is 2. The van der Waals surface area contributed by atoms with Gasteiger partial charge >= 0.3 is 0 Å². The zero-order chi connectivity index (χ0) is 26.2. The van der Waals surface area contributed by atoms with E-state index in [0.29, 0.717) is 24.1 Å². The van der Waals surface area contributed by atoms with Gasteiger partial charge in [0.2, 0.25) is 21.8 Å². The average molecular weight is 506 g/mol. The Morgan fingerprint density at radius 2 is 1.63 bits per heavy atom. The Hall–Kier alpha value is -2.94. The number of halogens is 1. The van der Waals surface area contributed by atoms with Gasteiger partial charge in [0.15, 0.2) is 0 Å². The van der Waals surface area contributed by atoms with Crippen LogP contribution in [0.2, 0.25) is 0 Å². The third-order valence-electron chi connectivity index (χ3n) is 5.97. The van der Waals surface area contributed by atoms with Crippen LogP contribution in [-0.2, 0) is 32.6 Å². The molecule has 0 unspecified atom stereocenters. The molecule has 2 rings (SSSR count). The lowest BCUT2D eigenvalue weighted by Crippen LogP contribution is -2.53. The monoisotopic (exact) mass is 505 g/mol. The highest BCUT2D eigenvalue weighted by atomic mass is 32.2.